The molecule has 0 atom stereocenters. The normalized spacial score (nSPS) is 10.8. The second-order valence-electron chi connectivity index (χ2n) is 3.45. The zero-order valence-electron chi connectivity index (χ0n) is 8.25. The summed E-state index contributed by atoms with van der Waals surface area (Å²) in [6.07, 6.45) is 1.07. The molecule has 0 aliphatic carbocycles. The van der Waals surface area contributed by atoms with E-state index in [2.05, 4.69) is 0 Å². The molecule has 0 aromatic carbocycles. The van der Waals surface area contributed by atoms with Gasteiger partial charge in [0, 0.05) is 17.3 Å². The zero-order chi connectivity index (χ0) is 9.78. The van der Waals surface area contributed by atoms with Gasteiger partial charge in [-0.15, -0.1) is 0 Å². The number of hydrogen-bond donors (Lipinski definition) is 1. The molecule has 0 unspecified atom stereocenters. The first-order chi connectivity index (χ1) is 5.37. The fraction of sp³-hybridized carbons (Fsp3) is 0.857. The number of carbonyl (C=O) groups excluding carboxylic acids is 1. The van der Waals surface area contributed by atoms with Crippen LogP contribution in [-0.4, -0.2) is 5.91 Å². The molecule has 0 aromatic heterocycles. The molecule has 0 aliphatic heterocycles. The van der Waals surface area contributed by atoms with E-state index in [1.807, 2.05) is 25.5 Å². The van der Waals surface area contributed by atoms with Crippen LogP contribution in [-0.2, 0) is 24.1 Å². The average Bonchev–Trinajstić information content (AvgIpc) is 1.84. The van der Waals surface area contributed by atoms with E-state index >= 15 is 0 Å². The topological polar surface area (TPSA) is 63.2 Å². The van der Waals surface area contributed by atoms with Crippen LogP contribution in [0.3, 0.4) is 0 Å². The second-order valence-corrected chi connectivity index (χ2v) is 4.13. The Kier molecular flexibility index (Phi) is 5.52. The van der Waals surface area contributed by atoms with Crippen molar-refractivity contribution in [3.8, 4) is 0 Å². The van der Waals surface area contributed by atoms with Gasteiger partial charge in [0.05, 0.1) is 0 Å². The molecular formula is C7H14NO3RfS-. The minimum atomic E-state index is -2.48. The van der Waals surface area contributed by atoms with E-state index in [4.69, 9.17) is 0 Å². The molecule has 0 bridgehead atoms. The van der Waals surface area contributed by atoms with Gasteiger partial charge in [0.15, 0.2) is 0 Å². The SMILES string of the molecule is CCC(C)(C)CC(=O)N[S-](=O)=O.[Rf]. The summed E-state index contributed by atoms with van der Waals surface area (Å²) in [5.41, 5.74) is -0.135. The zero-order valence-corrected chi connectivity index (χ0v) is 15.5. The monoisotopic (exact) mass is 459 g/mol. The smallest absolute Gasteiger partial charge is 0.205 e. The van der Waals surface area contributed by atoms with Gasteiger partial charge in [-0.25, -0.2) is 0 Å². The molecule has 0 radical (unpaired) electrons. The molecule has 0 aromatic rings. The van der Waals surface area contributed by atoms with Crippen molar-refractivity contribution >= 4 is 16.8 Å². The van der Waals surface area contributed by atoms with E-state index < -0.39 is 16.8 Å². The molecule has 0 spiro atoms. The van der Waals surface area contributed by atoms with Crippen LogP contribution in [0, 0.1) is 5.41 Å². The van der Waals surface area contributed by atoms with E-state index in [-0.39, 0.29) is 11.8 Å². The molecule has 4 nitrogen and oxygen atoms in total. The van der Waals surface area contributed by atoms with Crippen LogP contribution in [0.5, 0.6) is 0 Å². The van der Waals surface area contributed by atoms with Crippen LogP contribution < -0.4 is 4.72 Å². The number of hydrogen-bond acceptors (Lipinski definition) is 4. The standard InChI is InChI=1S/C7H14NO3S.Rf/c1-4-7(2,3)5-6(9)8-12(10)11;/h4-5H2,1-3H3,(H,8,9,10,11);/q-1;. The Hall–Kier alpha value is -1.58. The maximum Gasteiger partial charge on any atom is 0.205 e. The van der Waals surface area contributed by atoms with Crippen molar-refractivity contribution < 1.29 is 13.2 Å². The molecular weight excluding hydrogens is 445 g/mol. The number of amides is 1. The Labute approximate surface area is 74.4 Å². The largest absolute Gasteiger partial charge is 0.403 e. The minimum absolute atomic E-state index is 0. The van der Waals surface area contributed by atoms with Crippen molar-refractivity contribution in [2.45, 2.75) is 33.6 Å². The molecule has 1 N–H and O–H groups in total. The van der Waals surface area contributed by atoms with Crippen LogP contribution in [0.1, 0.15) is 33.6 Å². The quantitative estimate of drug-likeness (QED) is 0.642. The van der Waals surface area contributed by atoms with Gasteiger partial charge in [0.25, 0.3) is 0 Å². The summed E-state index contributed by atoms with van der Waals surface area (Å²) in [6, 6.07) is 0. The van der Waals surface area contributed by atoms with Crippen LogP contribution in [0.4, 0.5) is 0 Å². The van der Waals surface area contributed by atoms with Gasteiger partial charge >= 0.3 is 0 Å². The van der Waals surface area contributed by atoms with E-state index in [1.165, 1.54) is 0 Å². The van der Waals surface area contributed by atoms with Gasteiger partial charge in [-0.1, -0.05) is 27.2 Å². The first-order valence-corrected chi connectivity index (χ1v) is 4.83. The molecule has 13 heavy (non-hydrogen) atoms. The molecule has 0 rings (SSSR count). The summed E-state index contributed by atoms with van der Waals surface area (Å²) in [7, 11) is -2.48. The first kappa shape index (κ1) is 14.0. The Balaban J connectivity index is 0. The van der Waals surface area contributed by atoms with Crippen molar-refractivity contribution in [2.75, 3.05) is 0 Å². The predicted molar refractivity (Wildman–Crippen MR) is 45.6 cm³/mol. The van der Waals surface area contributed by atoms with Crippen LogP contribution >= 0.6 is 0 Å². The third-order valence-corrected chi connectivity index (χ3v) is 2.19. The molecule has 6 heteroatoms. The maximum absolute atomic E-state index is 10.9. The van der Waals surface area contributed by atoms with Gasteiger partial charge in [-0.05, 0) is 5.41 Å². The summed E-state index contributed by atoms with van der Waals surface area (Å²) >= 11 is 0. The molecule has 0 aliphatic rings. The maximum atomic E-state index is 10.9. The van der Waals surface area contributed by atoms with Crippen molar-refractivity contribution in [3.63, 3.8) is 0 Å². The van der Waals surface area contributed by atoms with E-state index in [0.29, 0.717) is 0 Å². The van der Waals surface area contributed by atoms with Crippen molar-refractivity contribution in [1.82, 2.24) is 4.72 Å². The van der Waals surface area contributed by atoms with Crippen LogP contribution in [0.25, 0.3) is 0 Å². The Bertz CT molecular complexity index is 230. The van der Waals surface area contributed by atoms with E-state index in [0.717, 1.165) is 6.42 Å². The van der Waals surface area contributed by atoms with Crippen LogP contribution in [0.15, 0.2) is 0 Å². The number of nitrogens with one attached hydrogen (secondary N) is 1. The second kappa shape index (κ2) is 5.13. The fourth-order valence-electron chi connectivity index (χ4n) is 0.689. The summed E-state index contributed by atoms with van der Waals surface area (Å²) < 4.78 is 21.9. The molecule has 1 amide bonds. The molecule has 0 saturated heterocycles. The van der Waals surface area contributed by atoms with E-state index in [1.54, 1.807) is 0 Å². The average molecular weight is 459 g/mol. The Morgan fingerprint density at radius 2 is 1.85 bits per heavy atom. The summed E-state index contributed by atoms with van der Waals surface area (Å²) in [5, 5.41) is 0. The van der Waals surface area contributed by atoms with Gasteiger partial charge in [0.2, 0.25) is 5.91 Å². The van der Waals surface area contributed by atoms with Gasteiger partial charge in [-0.3, -0.25) is 4.79 Å². The number of carbonyl (C=O) groups is 1. The molecule has 74 valence electrons. The van der Waals surface area contributed by atoms with Crippen molar-refractivity contribution in [1.29, 1.82) is 0 Å². The summed E-state index contributed by atoms with van der Waals surface area (Å²) in [4.78, 5) is 10.9. The fourth-order valence-corrected chi connectivity index (χ4v) is 0.947. The molecule has 0 fully saturated rings. The van der Waals surface area contributed by atoms with Gasteiger partial charge < -0.3 is 13.1 Å². The third-order valence-electron chi connectivity index (χ3n) is 1.79. The Morgan fingerprint density at radius 3 is 2.15 bits per heavy atom. The van der Waals surface area contributed by atoms with Gasteiger partial charge in [0.1, 0.15) is 0 Å². The van der Waals surface area contributed by atoms with Crippen LogP contribution in [0.2, 0.25) is 0 Å². The first-order valence-electron chi connectivity index (χ1n) is 3.76. The predicted octanol–water partition coefficient (Wildman–Crippen LogP) is 1.15. The summed E-state index contributed by atoms with van der Waals surface area (Å²) in [5.74, 6) is -0.449. The minimum Gasteiger partial charge on any atom is -0.403 e. The van der Waals surface area contributed by atoms with E-state index in [9.17, 15) is 13.2 Å². The third kappa shape index (κ3) is 6.80. The van der Waals surface area contributed by atoms with Crippen molar-refractivity contribution in [3.05, 3.63) is 0 Å². The van der Waals surface area contributed by atoms with Gasteiger partial charge in [-0.2, -0.15) is 0 Å². The molecule has 0 saturated carbocycles. The Morgan fingerprint density at radius 1 is 1.38 bits per heavy atom. The molecule has 0 heterocycles. The van der Waals surface area contributed by atoms with Crippen molar-refractivity contribution in [2.24, 2.45) is 5.41 Å². The summed E-state index contributed by atoms with van der Waals surface area (Å²) in [6.45, 7) is 5.79. The number of rotatable bonds is 4.